The minimum absolute atomic E-state index is 0.0342. The Morgan fingerprint density at radius 2 is 1.89 bits per heavy atom. The van der Waals surface area contributed by atoms with Gasteiger partial charge in [-0.1, -0.05) is 12.1 Å². The number of hydrogen-bond acceptors (Lipinski definition) is 4. The lowest BCUT2D eigenvalue weighted by Crippen LogP contribution is -2.18. The number of aromatic nitrogens is 2. The van der Waals surface area contributed by atoms with Gasteiger partial charge in [-0.05, 0) is 49.7 Å². The first-order valence-electron chi connectivity index (χ1n) is 8.79. The van der Waals surface area contributed by atoms with Crippen LogP contribution in [0, 0.1) is 0 Å². The van der Waals surface area contributed by atoms with Crippen molar-refractivity contribution < 1.29 is 19.4 Å². The normalized spacial score (nSPS) is 10.7. The molecule has 0 aliphatic carbocycles. The molecule has 0 saturated carbocycles. The fraction of sp³-hybridized carbons (Fsp3) is 0.250. The van der Waals surface area contributed by atoms with Gasteiger partial charge in [-0.25, -0.2) is 4.98 Å². The van der Waals surface area contributed by atoms with E-state index in [2.05, 4.69) is 10.3 Å². The lowest BCUT2D eigenvalue weighted by Gasteiger charge is -2.10. The number of hydrogen-bond donors (Lipinski definition) is 2. The number of amides is 1. The van der Waals surface area contributed by atoms with Gasteiger partial charge in [0.05, 0.1) is 17.6 Å². The third-order valence-corrected chi connectivity index (χ3v) is 4.05. The third kappa shape index (κ3) is 4.44. The van der Waals surface area contributed by atoms with Gasteiger partial charge >= 0.3 is 5.97 Å². The summed E-state index contributed by atoms with van der Waals surface area (Å²) in [6, 6.07) is 14.5. The molecule has 3 aromatic rings. The molecule has 1 heterocycles. The van der Waals surface area contributed by atoms with Gasteiger partial charge in [0, 0.05) is 18.7 Å². The first-order chi connectivity index (χ1) is 13.1. The van der Waals surface area contributed by atoms with E-state index in [0.717, 1.165) is 11.3 Å². The topological polar surface area (TPSA) is 93.5 Å². The maximum absolute atomic E-state index is 12.8. The Morgan fingerprint density at radius 3 is 2.59 bits per heavy atom. The lowest BCUT2D eigenvalue weighted by atomic mass is 10.3. The Morgan fingerprint density at radius 1 is 1.15 bits per heavy atom. The fourth-order valence-corrected chi connectivity index (χ4v) is 2.85. The number of aliphatic carboxylic acids is 1. The van der Waals surface area contributed by atoms with Crippen LogP contribution in [0.5, 0.6) is 5.75 Å². The van der Waals surface area contributed by atoms with Crippen molar-refractivity contribution in [1.82, 2.24) is 9.55 Å². The van der Waals surface area contributed by atoms with Crippen LogP contribution in [-0.4, -0.2) is 33.1 Å². The van der Waals surface area contributed by atoms with Crippen LogP contribution in [0.1, 0.15) is 30.4 Å². The van der Waals surface area contributed by atoms with Gasteiger partial charge in [-0.2, -0.15) is 0 Å². The summed E-state index contributed by atoms with van der Waals surface area (Å²) in [4.78, 5) is 28.0. The van der Waals surface area contributed by atoms with Crippen LogP contribution in [0.25, 0.3) is 11.0 Å². The zero-order chi connectivity index (χ0) is 19.2. The van der Waals surface area contributed by atoms with Crippen LogP contribution in [0.2, 0.25) is 0 Å². The summed E-state index contributed by atoms with van der Waals surface area (Å²) in [5.41, 5.74) is 2.14. The van der Waals surface area contributed by atoms with Gasteiger partial charge in [0.15, 0.2) is 5.82 Å². The van der Waals surface area contributed by atoms with Crippen LogP contribution in [0.3, 0.4) is 0 Å². The quantitative estimate of drug-likeness (QED) is 0.635. The molecule has 0 aliphatic rings. The van der Waals surface area contributed by atoms with Crippen molar-refractivity contribution in [2.75, 3.05) is 11.9 Å². The highest BCUT2D eigenvalue weighted by molar-refractivity contribution is 6.03. The van der Waals surface area contributed by atoms with Crippen LogP contribution in [-0.2, 0) is 11.3 Å². The summed E-state index contributed by atoms with van der Waals surface area (Å²) >= 11 is 0. The van der Waals surface area contributed by atoms with Crippen LogP contribution < -0.4 is 10.1 Å². The molecule has 2 aromatic carbocycles. The first-order valence-corrected chi connectivity index (χ1v) is 8.79. The summed E-state index contributed by atoms with van der Waals surface area (Å²) in [5, 5.41) is 11.7. The minimum atomic E-state index is -0.861. The molecule has 2 N–H and O–H groups in total. The molecule has 0 spiro atoms. The van der Waals surface area contributed by atoms with E-state index in [1.807, 2.05) is 31.2 Å². The van der Waals surface area contributed by atoms with E-state index >= 15 is 0 Å². The molecule has 0 unspecified atom stereocenters. The van der Waals surface area contributed by atoms with Gasteiger partial charge in [0.1, 0.15) is 5.75 Å². The van der Waals surface area contributed by atoms with Gasteiger partial charge in [-0.15, -0.1) is 0 Å². The predicted molar refractivity (Wildman–Crippen MR) is 102 cm³/mol. The molecule has 1 amide bonds. The number of carboxylic acid groups (broad SMARTS) is 1. The Hall–Kier alpha value is -3.35. The molecular weight excluding hydrogens is 346 g/mol. The SMILES string of the molecule is CCOc1ccc(NC(=O)c2nc3ccccc3n2CCCC(=O)O)cc1. The number of carbonyl (C=O) groups excluding carboxylic acids is 1. The molecule has 0 saturated heterocycles. The van der Waals surface area contributed by atoms with Crippen molar-refractivity contribution in [2.24, 2.45) is 0 Å². The van der Waals surface area contributed by atoms with E-state index in [1.54, 1.807) is 28.8 Å². The number of benzene rings is 2. The molecule has 0 bridgehead atoms. The highest BCUT2D eigenvalue weighted by Gasteiger charge is 2.18. The Bertz CT molecular complexity index is 948. The highest BCUT2D eigenvalue weighted by Crippen LogP contribution is 2.20. The molecule has 0 fully saturated rings. The van der Waals surface area contributed by atoms with Gasteiger partial charge < -0.3 is 19.7 Å². The fourth-order valence-electron chi connectivity index (χ4n) is 2.85. The number of anilines is 1. The summed E-state index contributed by atoms with van der Waals surface area (Å²) in [6.07, 6.45) is 0.450. The molecule has 27 heavy (non-hydrogen) atoms. The van der Waals surface area contributed by atoms with E-state index in [0.29, 0.717) is 30.8 Å². The monoisotopic (exact) mass is 367 g/mol. The molecule has 7 nitrogen and oxygen atoms in total. The summed E-state index contributed by atoms with van der Waals surface area (Å²) in [6.45, 7) is 2.88. The average molecular weight is 367 g/mol. The number of nitrogens with zero attached hydrogens (tertiary/aromatic N) is 2. The number of imidazole rings is 1. The average Bonchev–Trinajstić information content (AvgIpc) is 3.02. The first kappa shape index (κ1) is 18.4. The minimum Gasteiger partial charge on any atom is -0.494 e. The van der Waals surface area contributed by atoms with E-state index < -0.39 is 5.97 Å². The molecule has 0 aliphatic heterocycles. The largest absolute Gasteiger partial charge is 0.494 e. The maximum Gasteiger partial charge on any atom is 0.303 e. The van der Waals surface area contributed by atoms with E-state index in [-0.39, 0.29) is 18.2 Å². The number of rotatable bonds is 8. The van der Waals surface area contributed by atoms with Gasteiger partial charge in [-0.3, -0.25) is 9.59 Å². The smallest absolute Gasteiger partial charge is 0.303 e. The summed E-state index contributed by atoms with van der Waals surface area (Å²) in [5.74, 6) is -0.211. The van der Waals surface area contributed by atoms with Crippen LogP contribution in [0.4, 0.5) is 5.69 Å². The number of nitrogens with one attached hydrogen (secondary N) is 1. The van der Waals surface area contributed by atoms with Crippen LogP contribution >= 0.6 is 0 Å². The number of fused-ring (bicyclic) bond motifs is 1. The lowest BCUT2D eigenvalue weighted by molar-refractivity contribution is -0.137. The van der Waals surface area contributed by atoms with Crippen LogP contribution in [0.15, 0.2) is 48.5 Å². The number of carboxylic acids is 1. The van der Waals surface area contributed by atoms with E-state index in [4.69, 9.17) is 9.84 Å². The standard InChI is InChI=1S/C20H21N3O4/c1-2-27-15-11-9-14(10-12-15)21-20(26)19-22-16-6-3-4-7-17(16)23(19)13-5-8-18(24)25/h3-4,6-7,9-12H,2,5,8,13H2,1H3,(H,21,26)(H,24,25). The van der Waals surface area contributed by atoms with E-state index in [1.165, 1.54) is 0 Å². The van der Waals surface area contributed by atoms with Crippen molar-refractivity contribution >= 4 is 28.6 Å². The molecule has 140 valence electrons. The van der Waals surface area contributed by atoms with Gasteiger partial charge in [0.25, 0.3) is 5.91 Å². The third-order valence-electron chi connectivity index (χ3n) is 4.05. The Balaban J connectivity index is 1.83. The maximum atomic E-state index is 12.8. The number of aryl methyl sites for hydroxylation is 1. The molecule has 0 atom stereocenters. The summed E-state index contributed by atoms with van der Waals surface area (Å²) < 4.78 is 7.16. The number of carbonyl (C=O) groups is 2. The molecule has 3 rings (SSSR count). The molecular formula is C20H21N3O4. The molecule has 7 heteroatoms. The number of ether oxygens (including phenoxy) is 1. The Labute approximate surface area is 156 Å². The van der Waals surface area contributed by atoms with Crippen molar-refractivity contribution in [3.63, 3.8) is 0 Å². The Kier molecular flexibility index (Phi) is 5.71. The molecule has 1 aromatic heterocycles. The van der Waals surface area contributed by atoms with Crippen molar-refractivity contribution in [3.8, 4) is 5.75 Å². The summed E-state index contributed by atoms with van der Waals surface area (Å²) in [7, 11) is 0. The van der Waals surface area contributed by atoms with Crippen molar-refractivity contribution in [2.45, 2.75) is 26.3 Å². The van der Waals surface area contributed by atoms with Crippen molar-refractivity contribution in [1.29, 1.82) is 0 Å². The zero-order valence-electron chi connectivity index (χ0n) is 15.0. The number of para-hydroxylation sites is 2. The van der Waals surface area contributed by atoms with E-state index in [9.17, 15) is 9.59 Å². The predicted octanol–water partition coefficient (Wildman–Crippen LogP) is 3.55. The second-order valence-electron chi connectivity index (χ2n) is 5.98. The van der Waals surface area contributed by atoms with Crippen molar-refractivity contribution in [3.05, 3.63) is 54.4 Å². The molecule has 0 radical (unpaired) electrons. The van der Waals surface area contributed by atoms with Gasteiger partial charge in [0.2, 0.25) is 0 Å². The highest BCUT2D eigenvalue weighted by atomic mass is 16.5. The second-order valence-corrected chi connectivity index (χ2v) is 5.98. The second kappa shape index (κ2) is 8.35. The zero-order valence-corrected chi connectivity index (χ0v) is 15.0.